The van der Waals surface area contributed by atoms with Crippen molar-refractivity contribution in [2.75, 3.05) is 44.6 Å². The molecule has 2 rings (SSSR count). The van der Waals surface area contributed by atoms with E-state index in [0.717, 1.165) is 37.4 Å². The van der Waals surface area contributed by atoms with Crippen molar-refractivity contribution in [3.63, 3.8) is 0 Å². The summed E-state index contributed by atoms with van der Waals surface area (Å²) in [6, 6.07) is 7.61. The van der Waals surface area contributed by atoms with Crippen molar-refractivity contribution in [1.82, 2.24) is 10.2 Å². The number of amides is 1. The summed E-state index contributed by atoms with van der Waals surface area (Å²) >= 11 is 0. The molecule has 0 unspecified atom stereocenters. The minimum atomic E-state index is 0.0248. The van der Waals surface area contributed by atoms with Crippen molar-refractivity contribution in [3.05, 3.63) is 29.8 Å². The maximum Gasteiger partial charge on any atom is 0.238 e. The number of hydrogen-bond donors (Lipinski definition) is 3. The number of carbonyl (C=O) groups is 1. The number of nitrogens with zero attached hydrogens (tertiary/aromatic N) is 1. The molecule has 3 N–H and O–H groups in total. The standard InChI is InChI=1S/C14H21N3O2/c18-10-5-12-1-3-13(4-2-12)16-14(19)11-17-8-6-15-7-9-17/h1-4,15,18H,5-11H2,(H,16,19). The first-order valence-corrected chi connectivity index (χ1v) is 6.70. The average molecular weight is 263 g/mol. The van der Waals surface area contributed by atoms with Crippen LogP contribution in [0.25, 0.3) is 0 Å². The molecule has 104 valence electrons. The van der Waals surface area contributed by atoms with Crippen LogP contribution in [-0.4, -0.2) is 55.2 Å². The van der Waals surface area contributed by atoms with E-state index in [1.54, 1.807) is 0 Å². The second-order valence-electron chi connectivity index (χ2n) is 4.74. The zero-order chi connectivity index (χ0) is 13.5. The van der Waals surface area contributed by atoms with Gasteiger partial charge in [-0.05, 0) is 24.1 Å². The number of carbonyl (C=O) groups excluding carboxylic acids is 1. The Bertz CT molecular complexity index is 400. The molecule has 0 aliphatic carbocycles. The van der Waals surface area contributed by atoms with Gasteiger partial charge in [-0.1, -0.05) is 12.1 Å². The predicted octanol–water partition coefficient (Wildman–Crippen LogP) is 0.0651. The normalized spacial score (nSPS) is 16.3. The predicted molar refractivity (Wildman–Crippen MR) is 75.2 cm³/mol. The molecule has 0 radical (unpaired) electrons. The van der Waals surface area contributed by atoms with Crippen molar-refractivity contribution >= 4 is 11.6 Å². The molecule has 1 saturated heterocycles. The summed E-state index contributed by atoms with van der Waals surface area (Å²) in [6.45, 7) is 4.33. The van der Waals surface area contributed by atoms with Crippen LogP contribution in [-0.2, 0) is 11.2 Å². The maximum atomic E-state index is 11.9. The van der Waals surface area contributed by atoms with Crippen molar-refractivity contribution in [2.24, 2.45) is 0 Å². The lowest BCUT2D eigenvalue weighted by atomic mass is 10.1. The van der Waals surface area contributed by atoms with Gasteiger partial charge in [0.15, 0.2) is 0 Å². The Kier molecular flexibility index (Phi) is 5.32. The fourth-order valence-electron chi connectivity index (χ4n) is 2.16. The smallest absolute Gasteiger partial charge is 0.238 e. The summed E-state index contributed by atoms with van der Waals surface area (Å²) in [4.78, 5) is 14.0. The summed E-state index contributed by atoms with van der Waals surface area (Å²) in [5.41, 5.74) is 1.88. The lowest BCUT2D eigenvalue weighted by Gasteiger charge is -2.26. The van der Waals surface area contributed by atoms with Crippen molar-refractivity contribution in [2.45, 2.75) is 6.42 Å². The van der Waals surface area contributed by atoms with Gasteiger partial charge < -0.3 is 15.7 Å². The third-order valence-corrected chi connectivity index (χ3v) is 3.22. The van der Waals surface area contributed by atoms with Gasteiger partial charge in [-0.15, -0.1) is 0 Å². The van der Waals surface area contributed by atoms with E-state index in [0.29, 0.717) is 13.0 Å². The van der Waals surface area contributed by atoms with Crippen LogP contribution in [0.2, 0.25) is 0 Å². The summed E-state index contributed by atoms with van der Waals surface area (Å²) in [7, 11) is 0. The van der Waals surface area contributed by atoms with E-state index < -0.39 is 0 Å². The van der Waals surface area contributed by atoms with Crippen LogP contribution in [0.4, 0.5) is 5.69 Å². The zero-order valence-corrected chi connectivity index (χ0v) is 11.1. The molecule has 1 aromatic carbocycles. The first kappa shape index (κ1) is 14.0. The Hall–Kier alpha value is -1.43. The highest BCUT2D eigenvalue weighted by Gasteiger charge is 2.13. The molecule has 0 bridgehead atoms. The third kappa shape index (κ3) is 4.63. The van der Waals surface area contributed by atoms with E-state index in [9.17, 15) is 4.79 Å². The number of aliphatic hydroxyl groups excluding tert-OH is 1. The molecule has 0 saturated carbocycles. The second kappa shape index (κ2) is 7.23. The molecule has 19 heavy (non-hydrogen) atoms. The largest absolute Gasteiger partial charge is 0.396 e. The molecular formula is C14H21N3O2. The van der Waals surface area contributed by atoms with E-state index in [-0.39, 0.29) is 12.5 Å². The van der Waals surface area contributed by atoms with Gasteiger partial charge in [-0.2, -0.15) is 0 Å². The molecular weight excluding hydrogens is 242 g/mol. The number of anilines is 1. The number of rotatable bonds is 5. The SMILES string of the molecule is O=C(CN1CCNCC1)Nc1ccc(CCO)cc1. The zero-order valence-electron chi connectivity index (χ0n) is 11.1. The minimum absolute atomic E-state index is 0.0248. The summed E-state index contributed by atoms with van der Waals surface area (Å²) in [5, 5.41) is 15.0. The lowest BCUT2D eigenvalue weighted by molar-refractivity contribution is -0.117. The van der Waals surface area contributed by atoms with Crippen LogP contribution in [0, 0.1) is 0 Å². The van der Waals surface area contributed by atoms with E-state index in [1.807, 2.05) is 24.3 Å². The third-order valence-electron chi connectivity index (χ3n) is 3.22. The second-order valence-corrected chi connectivity index (χ2v) is 4.74. The van der Waals surface area contributed by atoms with Crippen molar-refractivity contribution in [3.8, 4) is 0 Å². The highest BCUT2D eigenvalue weighted by molar-refractivity contribution is 5.92. The van der Waals surface area contributed by atoms with Crippen LogP contribution in [0.3, 0.4) is 0 Å². The fraction of sp³-hybridized carbons (Fsp3) is 0.500. The molecule has 1 fully saturated rings. The maximum absolute atomic E-state index is 11.9. The molecule has 1 heterocycles. The number of piperazine rings is 1. The first-order chi connectivity index (χ1) is 9.28. The van der Waals surface area contributed by atoms with Gasteiger partial charge >= 0.3 is 0 Å². The van der Waals surface area contributed by atoms with Gasteiger partial charge in [0.05, 0.1) is 6.54 Å². The molecule has 1 amide bonds. The van der Waals surface area contributed by atoms with E-state index in [2.05, 4.69) is 15.5 Å². The molecule has 0 aromatic heterocycles. The molecule has 0 atom stereocenters. The molecule has 1 aromatic rings. The van der Waals surface area contributed by atoms with Crippen LogP contribution in [0.5, 0.6) is 0 Å². The van der Waals surface area contributed by atoms with Crippen molar-refractivity contribution < 1.29 is 9.90 Å². The van der Waals surface area contributed by atoms with E-state index in [1.165, 1.54) is 0 Å². The highest BCUT2D eigenvalue weighted by atomic mass is 16.2. The van der Waals surface area contributed by atoms with Crippen LogP contribution >= 0.6 is 0 Å². The summed E-state index contributed by atoms with van der Waals surface area (Å²) in [6.07, 6.45) is 0.648. The van der Waals surface area contributed by atoms with Gasteiger partial charge in [-0.3, -0.25) is 9.69 Å². The number of aliphatic hydroxyl groups is 1. The number of hydrogen-bond acceptors (Lipinski definition) is 4. The Balaban J connectivity index is 1.80. The Morgan fingerprint density at radius 1 is 1.26 bits per heavy atom. The van der Waals surface area contributed by atoms with Crippen LogP contribution in [0.15, 0.2) is 24.3 Å². The molecule has 1 aliphatic rings. The topological polar surface area (TPSA) is 64.6 Å². The van der Waals surface area contributed by atoms with E-state index >= 15 is 0 Å². The van der Waals surface area contributed by atoms with Gasteiger partial charge in [0, 0.05) is 38.5 Å². The van der Waals surface area contributed by atoms with Crippen LogP contribution < -0.4 is 10.6 Å². The highest BCUT2D eigenvalue weighted by Crippen LogP contribution is 2.10. The lowest BCUT2D eigenvalue weighted by Crippen LogP contribution is -2.46. The Labute approximate surface area is 113 Å². The van der Waals surface area contributed by atoms with Gasteiger partial charge in [-0.25, -0.2) is 0 Å². The van der Waals surface area contributed by atoms with Gasteiger partial charge in [0.25, 0.3) is 0 Å². The number of nitrogens with one attached hydrogen (secondary N) is 2. The minimum Gasteiger partial charge on any atom is -0.396 e. The molecule has 5 heteroatoms. The molecule has 0 spiro atoms. The monoisotopic (exact) mass is 263 g/mol. The average Bonchev–Trinajstić information content (AvgIpc) is 2.42. The Morgan fingerprint density at radius 3 is 2.58 bits per heavy atom. The van der Waals surface area contributed by atoms with Gasteiger partial charge in [0.1, 0.15) is 0 Å². The summed E-state index contributed by atoms with van der Waals surface area (Å²) < 4.78 is 0. The Morgan fingerprint density at radius 2 is 1.95 bits per heavy atom. The molecule has 5 nitrogen and oxygen atoms in total. The quantitative estimate of drug-likeness (QED) is 0.703. The number of benzene rings is 1. The van der Waals surface area contributed by atoms with Crippen molar-refractivity contribution in [1.29, 1.82) is 0 Å². The summed E-state index contributed by atoms with van der Waals surface area (Å²) in [5.74, 6) is 0.0248. The first-order valence-electron chi connectivity index (χ1n) is 6.70. The van der Waals surface area contributed by atoms with Crippen LogP contribution in [0.1, 0.15) is 5.56 Å². The fourth-order valence-corrected chi connectivity index (χ4v) is 2.16. The van der Waals surface area contributed by atoms with E-state index in [4.69, 9.17) is 5.11 Å². The van der Waals surface area contributed by atoms with Gasteiger partial charge in [0.2, 0.25) is 5.91 Å². The molecule has 1 aliphatic heterocycles.